The van der Waals surface area contributed by atoms with Gasteiger partial charge in [-0.3, -0.25) is 0 Å². The van der Waals surface area contributed by atoms with Crippen LogP contribution >= 0.6 is 0 Å². The monoisotopic (exact) mass is 223 g/mol. The Labute approximate surface area is 95.7 Å². The molecule has 4 heteroatoms. The number of piperidine rings is 1. The van der Waals surface area contributed by atoms with E-state index in [2.05, 4.69) is 23.8 Å². The lowest BCUT2D eigenvalue weighted by Gasteiger charge is -2.34. The highest BCUT2D eigenvalue weighted by atomic mass is 19.1. The summed E-state index contributed by atoms with van der Waals surface area (Å²) in [7, 11) is 0. The molecule has 0 saturated carbocycles. The number of hydrogen-bond acceptors (Lipinski definition) is 3. The van der Waals surface area contributed by atoms with Crippen molar-refractivity contribution in [2.75, 3.05) is 18.0 Å². The highest BCUT2D eigenvalue weighted by molar-refractivity contribution is 5.37. The summed E-state index contributed by atoms with van der Waals surface area (Å²) in [6, 6.07) is 0. The minimum atomic E-state index is -0.453. The predicted octanol–water partition coefficient (Wildman–Crippen LogP) is 2.49. The van der Waals surface area contributed by atoms with Crippen LogP contribution < -0.4 is 4.90 Å². The molecule has 16 heavy (non-hydrogen) atoms. The Balaban J connectivity index is 2.02. The van der Waals surface area contributed by atoms with Crippen molar-refractivity contribution in [3.63, 3.8) is 0 Å². The Morgan fingerprint density at radius 2 is 1.88 bits per heavy atom. The average Bonchev–Trinajstić information content (AvgIpc) is 2.30. The van der Waals surface area contributed by atoms with Gasteiger partial charge in [0.2, 0.25) is 0 Å². The van der Waals surface area contributed by atoms with Crippen molar-refractivity contribution >= 4 is 5.82 Å². The summed E-state index contributed by atoms with van der Waals surface area (Å²) >= 11 is 0. The van der Waals surface area contributed by atoms with E-state index in [0.29, 0.717) is 11.7 Å². The van der Waals surface area contributed by atoms with Crippen LogP contribution in [0.15, 0.2) is 12.4 Å². The molecule has 0 amide bonds. The Morgan fingerprint density at radius 3 is 2.44 bits per heavy atom. The Hall–Kier alpha value is -1.19. The van der Waals surface area contributed by atoms with Gasteiger partial charge in [0.15, 0.2) is 5.82 Å². The molecule has 1 fully saturated rings. The minimum absolute atomic E-state index is 0.407. The minimum Gasteiger partial charge on any atom is -0.353 e. The summed E-state index contributed by atoms with van der Waals surface area (Å²) in [5.74, 6) is 1.43. The van der Waals surface area contributed by atoms with Gasteiger partial charge in [0.05, 0.1) is 0 Å². The van der Waals surface area contributed by atoms with Gasteiger partial charge < -0.3 is 4.90 Å². The number of anilines is 1. The maximum atomic E-state index is 13.4. The zero-order valence-electron chi connectivity index (χ0n) is 9.86. The smallest absolute Gasteiger partial charge is 0.255 e. The Kier molecular flexibility index (Phi) is 3.36. The highest BCUT2D eigenvalue weighted by Gasteiger charge is 2.23. The van der Waals surface area contributed by atoms with Gasteiger partial charge in [-0.05, 0) is 24.7 Å². The van der Waals surface area contributed by atoms with Crippen LogP contribution in [0.3, 0.4) is 0 Å². The Morgan fingerprint density at radius 1 is 1.25 bits per heavy atom. The largest absolute Gasteiger partial charge is 0.353 e. The normalized spacial score (nSPS) is 18.1. The first-order valence-electron chi connectivity index (χ1n) is 5.90. The summed E-state index contributed by atoms with van der Waals surface area (Å²) < 4.78 is 13.4. The summed E-state index contributed by atoms with van der Waals surface area (Å²) in [5, 5.41) is 0. The second-order valence-corrected chi connectivity index (χ2v) is 4.74. The SMILES string of the molecule is CC(C)C1CCN(c2nccnc2F)CC1. The highest BCUT2D eigenvalue weighted by Crippen LogP contribution is 2.27. The number of hydrogen-bond donors (Lipinski definition) is 0. The van der Waals surface area contributed by atoms with E-state index < -0.39 is 5.95 Å². The number of aromatic nitrogens is 2. The molecule has 2 rings (SSSR count). The van der Waals surface area contributed by atoms with Gasteiger partial charge in [0.25, 0.3) is 5.95 Å². The Bertz CT molecular complexity index is 346. The molecular formula is C12H18FN3. The molecule has 0 aromatic carbocycles. The van der Waals surface area contributed by atoms with Crippen molar-refractivity contribution in [3.05, 3.63) is 18.3 Å². The van der Waals surface area contributed by atoms with E-state index >= 15 is 0 Å². The molecule has 0 radical (unpaired) electrons. The molecule has 0 aliphatic carbocycles. The van der Waals surface area contributed by atoms with Gasteiger partial charge in [-0.2, -0.15) is 4.39 Å². The lowest BCUT2D eigenvalue weighted by molar-refractivity contribution is 0.309. The third kappa shape index (κ3) is 2.31. The molecule has 3 nitrogen and oxygen atoms in total. The van der Waals surface area contributed by atoms with Gasteiger partial charge in [-0.25, -0.2) is 9.97 Å². The van der Waals surface area contributed by atoms with Gasteiger partial charge in [-0.15, -0.1) is 0 Å². The third-order valence-electron chi connectivity index (χ3n) is 3.42. The average molecular weight is 223 g/mol. The maximum absolute atomic E-state index is 13.4. The number of rotatable bonds is 2. The molecule has 2 heterocycles. The zero-order valence-corrected chi connectivity index (χ0v) is 9.86. The van der Waals surface area contributed by atoms with E-state index in [1.165, 1.54) is 6.20 Å². The van der Waals surface area contributed by atoms with Crippen LogP contribution in [0.25, 0.3) is 0 Å². The van der Waals surface area contributed by atoms with Crippen LogP contribution in [0.4, 0.5) is 10.2 Å². The molecule has 1 saturated heterocycles. The van der Waals surface area contributed by atoms with E-state index in [-0.39, 0.29) is 0 Å². The van der Waals surface area contributed by atoms with Gasteiger partial charge in [-0.1, -0.05) is 13.8 Å². The van der Waals surface area contributed by atoms with Gasteiger partial charge in [0, 0.05) is 25.5 Å². The van der Waals surface area contributed by atoms with E-state index in [0.717, 1.165) is 31.8 Å². The first-order valence-corrected chi connectivity index (χ1v) is 5.90. The van der Waals surface area contributed by atoms with Crippen LogP contribution in [-0.2, 0) is 0 Å². The van der Waals surface area contributed by atoms with Crippen molar-refractivity contribution in [2.24, 2.45) is 11.8 Å². The fraction of sp³-hybridized carbons (Fsp3) is 0.667. The van der Waals surface area contributed by atoms with E-state index in [9.17, 15) is 4.39 Å². The van der Waals surface area contributed by atoms with Crippen LogP contribution in [0, 0.1) is 17.8 Å². The summed E-state index contributed by atoms with van der Waals surface area (Å²) in [6.07, 6.45) is 5.17. The molecule has 88 valence electrons. The maximum Gasteiger partial charge on any atom is 0.255 e. The lowest BCUT2D eigenvalue weighted by Crippen LogP contribution is -2.36. The molecule has 0 spiro atoms. The van der Waals surface area contributed by atoms with Gasteiger partial charge in [0.1, 0.15) is 0 Å². The predicted molar refractivity (Wildman–Crippen MR) is 61.8 cm³/mol. The number of nitrogens with zero attached hydrogens (tertiary/aromatic N) is 3. The standard InChI is InChI=1S/C12H18FN3/c1-9(2)10-3-7-16(8-4-10)12-11(13)14-5-6-15-12/h5-6,9-10H,3-4,7-8H2,1-2H3. The zero-order chi connectivity index (χ0) is 11.5. The summed E-state index contributed by atoms with van der Waals surface area (Å²) in [5.41, 5.74) is 0. The van der Waals surface area contributed by atoms with E-state index in [1.807, 2.05) is 4.90 Å². The molecule has 0 atom stereocenters. The van der Waals surface area contributed by atoms with Crippen molar-refractivity contribution in [1.29, 1.82) is 0 Å². The van der Waals surface area contributed by atoms with Crippen LogP contribution in [0.1, 0.15) is 26.7 Å². The first-order chi connectivity index (χ1) is 7.68. The fourth-order valence-corrected chi connectivity index (χ4v) is 2.30. The molecule has 0 unspecified atom stereocenters. The summed E-state index contributed by atoms with van der Waals surface area (Å²) in [6.45, 7) is 6.28. The van der Waals surface area contributed by atoms with Crippen LogP contribution in [0.2, 0.25) is 0 Å². The quantitative estimate of drug-likeness (QED) is 0.771. The summed E-state index contributed by atoms with van der Waals surface area (Å²) in [4.78, 5) is 9.70. The van der Waals surface area contributed by atoms with Crippen molar-refractivity contribution in [3.8, 4) is 0 Å². The molecular weight excluding hydrogens is 205 g/mol. The molecule has 1 aromatic rings. The van der Waals surface area contributed by atoms with Crippen molar-refractivity contribution < 1.29 is 4.39 Å². The molecule has 1 aliphatic rings. The number of halogens is 1. The van der Waals surface area contributed by atoms with Crippen LogP contribution in [-0.4, -0.2) is 23.1 Å². The topological polar surface area (TPSA) is 29.0 Å². The second kappa shape index (κ2) is 4.76. The second-order valence-electron chi connectivity index (χ2n) is 4.74. The van der Waals surface area contributed by atoms with E-state index in [4.69, 9.17) is 0 Å². The molecule has 0 bridgehead atoms. The van der Waals surface area contributed by atoms with Gasteiger partial charge >= 0.3 is 0 Å². The van der Waals surface area contributed by atoms with E-state index in [1.54, 1.807) is 6.20 Å². The molecule has 1 aromatic heterocycles. The van der Waals surface area contributed by atoms with Crippen molar-refractivity contribution in [1.82, 2.24) is 9.97 Å². The third-order valence-corrected chi connectivity index (χ3v) is 3.42. The lowest BCUT2D eigenvalue weighted by atomic mass is 9.87. The van der Waals surface area contributed by atoms with Crippen molar-refractivity contribution in [2.45, 2.75) is 26.7 Å². The fourth-order valence-electron chi connectivity index (χ4n) is 2.30. The molecule has 0 N–H and O–H groups in total. The first kappa shape index (κ1) is 11.3. The molecule has 1 aliphatic heterocycles. The van der Waals surface area contributed by atoms with Crippen LogP contribution in [0.5, 0.6) is 0 Å².